The normalized spacial score (nSPS) is 32.2. The van der Waals surface area contributed by atoms with Gasteiger partial charge in [-0.3, -0.25) is 4.79 Å². The molecule has 0 N–H and O–H groups in total. The Labute approximate surface area is 192 Å². The third-order valence-corrected chi connectivity index (χ3v) is 8.20. The summed E-state index contributed by atoms with van der Waals surface area (Å²) in [5.41, 5.74) is 0. The highest BCUT2D eigenvalue weighted by atomic mass is 19.3. The van der Waals surface area contributed by atoms with Gasteiger partial charge in [0.1, 0.15) is 5.75 Å². The number of esters is 1. The third-order valence-electron chi connectivity index (χ3n) is 8.20. The van der Waals surface area contributed by atoms with E-state index < -0.39 is 30.0 Å². The third kappa shape index (κ3) is 5.72. The highest BCUT2D eigenvalue weighted by Crippen LogP contribution is 2.49. The summed E-state index contributed by atoms with van der Waals surface area (Å²) in [7, 11) is 0. The van der Waals surface area contributed by atoms with Gasteiger partial charge < -0.3 is 9.47 Å². The molecule has 4 rings (SSSR count). The maximum atomic E-state index is 13.9. The maximum absolute atomic E-state index is 13.9. The van der Waals surface area contributed by atoms with Gasteiger partial charge in [-0.05, 0) is 93.8 Å². The molecule has 3 aliphatic carbocycles. The Hall–Kier alpha value is -2.05. The summed E-state index contributed by atoms with van der Waals surface area (Å²) in [6.45, 7) is 0.621. The molecule has 33 heavy (non-hydrogen) atoms. The predicted molar refractivity (Wildman–Crippen MR) is 116 cm³/mol. The molecule has 1 aromatic carbocycles. The Morgan fingerprint density at radius 1 is 0.879 bits per heavy atom. The molecule has 0 heterocycles. The molecular formula is C26H32F4O3. The van der Waals surface area contributed by atoms with E-state index in [0.29, 0.717) is 42.7 Å². The van der Waals surface area contributed by atoms with Gasteiger partial charge in [-0.1, -0.05) is 6.08 Å². The van der Waals surface area contributed by atoms with Crippen molar-refractivity contribution >= 4 is 5.97 Å². The summed E-state index contributed by atoms with van der Waals surface area (Å²) in [4.78, 5) is 12.6. The van der Waals surface area contributed by atoms with Gasteiger partial charge in [0, 0.05) is 12.1 Å². The van der Waals surface area contributed by atoms with Gasteiger partial charge in [-0.15, -0.1) is 6.58 Å². The van der Waals surface area contributed by atoms with Gasteiger partial charge in [-0.2, -0.15) is 8.78 Å². The number of rotatable bonds is 6. The van der Waals surface area contributed by atoms with Crippen molar-refractivity contribution in [2.45, 2.75) is 70.8 Å². The van der Waals surface area contributed by atoms with Crippen LogP contribution in [0.2, 0.25) is 0 Å². The lowest BCUT2D eigenvalue weighted by Crippen LogP contribution is -2.35. The highest BCUT2D eigenvalue weighted by Gasteiger charge is 2.39. The molecule has 3 saturated carbocycles. The van der Waals surface area contributed by atoms with E-state index in [1.54, 1.807) is 0 Å². The van der Waals surface area contributed by atoms with Crippen LogP contribution >= 0.6 is 0 Å². The average Bonchev–Trinajstić information content (AvgIpc) is 2.80. The fraction of sp³-hybridized carbons (Fsp3) is 0.654. The number of halogens is 4. The molecule has 3 fully saturated rings. The average molecular weight is 469 g/mol. The fourth-order valence-corrected chi connectivity index (χ4v) is 6.43. The van der Waals surface area contributed by atoms with E-state index in [-0.39, 0.29) is 11.7 Å². The molecule has 4 atom stereocenters. The lowest BCUT2D eigenvalue weighted by molar-refractivity contribution is -0.140. The van der Waals surface area contributed by atoms with E-state index in [4.69, 9.17) is 4.74 Å². The van der Waals surface area contributed by atoms with Crippen molar-refractivity contribution in [3.63, 3.8) is 0 Å². The van der Waals surface area contributed by atoms with Gasteiger partial charge in [0.2, 0.25) is 0 Å². The first-order chi connectivity index (χ1) is 15.8. The molecule has 0 bridgehead atoms. The fourth-order valence-electron chi connectivity index (χ4n) is 6.43. The van der Waals surface area contributed by atoms with Crippen LogP contribution in [0.5, 0.6) is 11.5 Å². The second-order valence-corrected chi connectivity index (χ2v) is 10.0. The van der Waals surface area contributed by atoms with E-state index in [1.165, 1.54) is 38.5 Å². The number of carbonyl (C=O) groups excluding carboxylic acids is 1. The van der Waals surface area contributed by atoms with E-state index in [9.17, 15) is 22.4 Å². The van der Waals surface area contributed by atoms with E-state index in [1.807, 2.05) is 0 Å². The van der Waals surface area contributed by atoms with Crippen molar-refractivity contribution < 1.29 is 31.8 Å². The maximum Gasteiger partial charge on any atom is 0.387 e. The zero-order valence-corrected chi connectivity index (χ0v) is 18.8. The van der Waals surface area contributed by atoms with Crippen LogP contribution in [0.15, 0.2) is 24.8 Å². The van der Waals surface area contributed by atoms with E-state index in [0.717, 1.165) is 24.7 Å². The quantitative estimate of drug-likeness (QED) is 0.190. The topological polar surface area (TPSA) is 35.5 Å². The van der Waals surface area contributed by atoms with Crippen LogP contribution < -0.4 is 9.47 Å². The molecule has 182 valence electrons. The Balaban J connectivity index is 1.27. The van der Waals surface area contributed by atoms with Crippen LogP contribution in [0, 0.1) is 47.1 Å². The Morgan fingerprint density at radius 2 is 1.42 bits per heavy atom. The van der Waals surface area contributed by atoms with Gasteiger partial charge >= 0.3 is 12.6 Å². The minimum Gasteiger partial charge on any atom is -0.429 e. The number of carbonyl (C=O) groups is 1. The van der Waals surface area contributed by atoms with Crippen LogP contribution in [-0.4, -0.2) is 12.6 Å². The standard InChI is InChI=1S/C26H32F4O3/c1-2-15-3-4-20-12-19(10-9-18(20)11-15)16-5-7-17(8-6-16)25(31)32-21-13-22(27)24(23(28)14-21)33-26(29)30/h2,13-20,26H,1,3-12H2. The minimum atomic E-state index is -3.35. The zero-order chi connectivity index (χ0) is 23.5. The first kappa shape index (κ1) is 24.1. The number of allylic oxidation sites excluding steroid dienone is 1. The molecule has 0 aromatic heterocycles. The Bertz CT molecular complexity index is 827. The van der Waals surface area contributed by atoms with Crippen LogP contribution in [0.1, 0.15) is 64.2 Å². The molecule has 3 aliphatic rings. The van der Waals surface area contributed by atoms with Crippen molar-refractivity contribution in [1.82, 2.24) is 0 Å². The molecule has 0 amide bonds. The minimum absolute atomic E-state index is 0.316. The largest absolute Gasteiger partial charge is 0.429 e. The smallest absolute Gasteiger partial charge is 0.387 e. The summed E-state index contributed by atoms with van der Waals surface area (Å²) < 4.78 is 61.3. The predicted octanol–water partition coefficient (Wildman–Crippen LogP) is 7.30. The van der Waals surface area contributed by atoms with E-state index >= 15 is 0 Å². The molecule has 0 radical (unpaired) electrons. The van der Waals surface area contributed by atoms with E-state index in [2.05, 4.69) is 17.4 Å². The molecule has 0 saturated heterocycles. The summed E-state index contributed by atoms with van der Waals surface area (Å²) >= 11 is 0. The van der Waals surface area contributed by atoms with Gasteiger partial charge in [-0.25, -0.2) is 8.78 Å². The summed E-state index contributed by atoms with van der Waals surface area (Å²) in [6, 6.07) is 1.40. The zero-order valence-electron chi connectivity index (χ0n) is 18.8. The van der Waals surface area contributed by atoms with Gasteiger partial charge in [0.25, 0.3) is 0 Å². The number of ether oxygens (including phenoxy) is 2. The molecule has 7 heteroatoms. The Kier molecular flexibility index (Phi) is 7.65. The molecule has 0 spiro atoms. The summed E-state index contributed by atoms with van der Waals surface area (Å²) in [6.07, 6.45) is 13.1. The second kappa shape index (κ2) is 10.5. The number of hydrogen-bond acceptors (Lipinski definition) is 3. The molecule has 0 aliphatic heterocycles. The first-order valence-corrected chi connectivity index (χ1v) is 12.1. The van der Waals surface area contributed by atoms with Crippen LogP contribution in [0.3, 0.4) is 0 Å². The number of alkyl halides is 2. The molecule has 3 nitrogen and oxygen atoms in total. The summed E-state index contributed by atoms with van der Waals surface area (Å²) in [5, 5.41) is 0. The number of hydrogen-bond donors (Lipinski definition) is 0. The lowest BCUT2D eigenvalue weighted by Gasteiger charge is -2.45. The van der Waals surface area contributed by atoms with Crippen LogP contribution in [0.4, 0.5) is 17.6 Å². The number of fused-ring (bicyclic) bond motifs is 1. The van der Waals surface area contributed by atoms with Gasteiger partial charge in [0.15, 0.2) is 17.4 Å². The van der Waals surface area contributed by atoms with Crippen molar-refractivity contribution in [3.8, 4) is 11.5 Å². The number of benzene rings is 1. The van der Waals surface area contributed by atoms with Crippen LogP contribution in [0.25, 0.3) is 0 Å². The monoisotopic (exact) mass is 468 g/mol. The molecule has 4 unspecified atom stereocenters. The van der Waals surface area contributed by atoms with Crippen molar-refractivity contribution in [1.29, 1.82) is 0 Å². The Morgan fingerprint density at radius 3 is 2.03 bits per heavy atom. The van der Waals surface area contributed by atoms with Crippen molar-refractivity contribution in [2.75, 3.05) is 0 Å². The van der Waals surface area contributed by atoms with Crippen molar-refractivity contribution in [2.24, 2.45) is 35.5 Å². The molecule has 1 aromatic rings. The lowest BCUT2D eigenvalue weighted by atomic mass is 9.61. The van der Waals surface area contributed by atoms with Crippen molar-refractivity contribution in [3.05, 3.63) is 36.4 Å². The summed E-state index contributed by atoms with van der Waals surface area (Å²) in [5.74, 6) is -1.36. The highest BCUT2D eigenvalue weighted by molar-refractivity contribution is 5.75. The van der Waals surface area contributed by atoms with Gasteiger partial charge in [0.05, 0.1) is 5.92 Å². The molecular weight excluding hydrogens is 436 g/mol. The first-order valence-electron chi connectivity index (χ1n) is 12.1. The second-order valence-electron chi connectivity index (χ2n) is 10.0. The van der Waals surface area contributed by atoms with Crippen LogP contribution in [-0.2, 0) is 4.79 Å². The SMILES string of the molecule is C=CC1CCC2CC(C3CCC(C(=O)Oc4cc(F)c(OC(F)F)c(F)c4)CC3)CCC2C1.